The molecule has 0 radical (unpaired) electrons. The molecule has 2 unspecified atom stereocenters. The highest BCUT2D eigenvalue weighted by atomic mass is 16.5. The van der Waals surface area contributed by atoms with Crippen molar-refractivity contribution in [1.29, 1.82) is 0 Å². The summed E-state index contributed by atoms with van der Waals surface area (Å²) in [5.74, 6) is 1.71. The van der Waals surface area contributed by atoms with Gasteiger partial charge >= 0.3 is 0 Å². The van der Waals surface area contributed by atoms with Crippen LogP contribution < -0.4 is 10.1 Å². The van der Waals surface area contributed by atoms with Crippen LogP contribution in [-0.2, 0) is 11.2 Å². The standard InChI is InChI=1S/C19H29NO2/c1-14-6-5-12-19(2,3)17(14)18(21)20-13-11-15-7-9-16(22-4)10-8-15/h7-10,14,17H,5-6,11-13H2,1-4H3,(H,20,21). The van der Waals surface area contributed by atoms with Crippen LogP contribution >= 0.6 is 0 Å². The molecule has 0 spiro atoms. The third-order valence-electron chi connectivity index (χ3n) is 5.05. The van der Waals surface area contributed by atoms with E-state index in [0.717, 1.165) is 18.6 Å². The van der Waals surface area contributed by atoms with Crippen LogP contribution in [0.1, 0.15) is 45.6 Å². The first-order valence-electron chi connectivity index (χ1n) is 8.34. The average Bonchev–Trinajstić information content (AvgIpc) is 2.47. The van der Waals surface area contributed by atoms with Crippen molar-refractivity contribution in [2.45, 2.75) is 46.5 Å². The molecular formula is C19H29NO2. The lowest BCUT2D eigenvalue weighted by Crippen LogP contribution is -2.45. The summed E-state index contributed by atoms with van der Waals surface area (Å²) in [5, 5.41) is 3.15. The molecule has 3 nitrogen and oxygen atoms in total. The summed E-state index contributed by atoms with van der Waals surface area (Å²) in [6.07, 6.45) is 4.41. The number of amides is 1. The fourth-order valence-electron chi connectivity index (χ4n) is 3.82. The van der Waals surface area contributed by atoms with Gasteiger partial charge in [-0.1, -0.05) is 39.3 Å². The van der Waals surface area contributed by atoms with Crippen molar-refractivity contribution >= 4 is 5.91 Å². The fourth-order valence-corrected chi connectivity index (χ4v) is 3.82. The van der Waals surface area contributed by atoms with Crippen molar-refractivity contribution in [1.82, 2.24) is 5.32 Å². The summed E-state index contributed by atoms with van der Waals surface area (Å²) < 4.78 is 5.16. The van der Waals surface area contributed by atoms with Gasteiger partial charge in [0.2, 0.25) is 5.91 Å². The Kier molecular flexibility index (Phi) is 5.49. The first-order chi connectivity index (χ1) is 10.4. The fraction of sp³-hybridized carbons (Fsp3) is 0.632. The second-order valence-electron chi connectivity index (χ2n) is 7.22. The van der Waals surface area contributed by atoms with Gasteiger partial charge in [0, 0.05) is 12.5 Å². The third-order valence-corrected chi connectivity index (χ3v) is 5.05. The first kappa shape index (κ1) is 16.9. The van der Waals surface area contributed by atoms with E-state index in [1.54, 1.807) is 7.11 Å². The highest BCUT2D eigenvalue weighted by molar-refractivity contribution is 5.79. The molecule has 1 aliphatic rings. The second-order valence-corrected chi connectivity index (χ2v) is 7.22. The molecule has 0 saturated heterocycles. The Morgan fingerprint density at radius 2 is 2.00 bits per heavy atom. The summed E-state index contributed by atoms with van der Waals surface area (Å²) in [5.41, 5.74) is 1.33. The van der Waals surface area contributed by atoms with Crippen molar-refractivity contribution < 1.29 is 9.53 Å². The normalized spacial score (nSPS) is 23.8. The van der Waals surface area contributed by atoms with Crippen LogP contribution in [0.4, 0.5) is 0 Å². The molecule has 1 N–H and O–H groups in total. The van der Waals surface area contributed by atoms with E-state index in [2.05, 4.69) is 38.2 Å². The SMILES string of the molecule is COc1ccc(CCNC(=O)C2C(C)CCCC2(C)C)cc1. The van der Waals surface area contributed by atoms with Crippen molar-refractivity contribution in [3.63, 3.8) is 0 Å². The molecule has 0 heterocycles. The van der Waals surface area contributed by atoms with Gasteiger partial charge in [-0.3, -0.25) is 4.79 Å². The van der Waals surface area contributed by atoms with E-state index < -0.39 is 0 Å². The van der Waals surface area contributed by atoms with Crippen molar-refractivity contribution in [3.05, 3.63) is 29.8 Å². The zero-order chi connectivity index (χ0) is 16.2. The minimum Gasteiger partial charge on any atom is -0.497 e. The summed E-state index contributed by atoms with van der Waals surface area (Å²) in [7, 11) is 1.67. The lowest BCUT2D eigenvalue weighted by atomic mass is 9.64. The highest BCUT2D eigenvalue weighted by Gasteiger charge is 2.41. The van der Waals surface area contributed by atoms with E-state index >= 15 is 0 Å². The molecule has 0 aliphatic heterocycles. The lowest BCUT2D eigenvalue weighted by molar-refractivity contribution is -0.132. The Balaban J connectivity index is 1.86. The van der Waals surface area contributed by atoms with Crippen LogP contribution in [0.15, 0.2) is 24.3 Å². The number of hydrogen-bond donors (Lipinski definition) is 1. The molecule has 2 rings (SSSR count). The zero-order valence-electron chi connectivity index (χ0n) is 14.3. The summed E-state index contributed by atoms with van der Waals surface area (Å²) in [4.78, 5) is 12.6. The second kappa shape index (κ2) is 7.17. The minimum atomic E-state index is 0.113. The van der Waals surface area contributed by atoms with Gasteiger partial charge in [-0.25, -0.2) is 0 Å². The topological polar surface area (TPSA) is 38.3 Å². The van der Waals surface area contributed by atoms with Gasteiger partial charge in [0.15, 0.2) is 0 Å². The van der Waals surface area contributed by atoms with E-state index in [9.17, 15) is 4.79 Å². The Hall–Kier alpha value is -1.51. The number of nitrogens with one attached hydrogen (secondary N) is 1. The molecule has 122 valence electrons. The molecule has 22 heavy (non-hydrogen) atoms. The summed E-state index contributed by atoms with van der Waals surface area (Å²) in [6.45, 7) is 7.38. The Labute approximate surface area is 134 Å². The van der Waals surface area contributed by atoms with Crippen molar-refractivity contribution in [2.75, 3.05) is 13.7 Å². The van der Waals surface area contributed by atoms with E-state index in [1.807, 2.05) is 12.1 Å². The molecule has 1 saturated carbocycles. The molecule has 0 bridgehead atoms. The maximum absolute atomic E-state index is 12.6. The highest BCUT2D eigenvalue weighted by Crippen LogP contribution is 2.43. The van der Waals surface area contributed by atoms with E-state index in [1.165, 1.54) is 18.4 Å². The van der Waals surface area contributed by atoms with Gasteiger partial charge < -0.3 is 10.1 Å². The number of carbonyl (C=O) groups is 1. The van der Waals surface area contributed by atoms with Crippen LogP contribution in [0.2, 0.25) is 0 Å². The quantitative estimate of drug-likeness (QED) is 0.898. The Morgan fingerprint density at radius 3 is 2.59 bits per heavy atom. The molecule has 1 aromatic rings. The number of benzene rings is 1. The van der Waals surface area contributed by atoms with Crippen molar-refractivity contribution in [2.24, 2.45) is 17.3 Å². The number of rotatable bonds is 5. The molecule has 1 amide bonds. The van der Waals surface area contributed by atoms with Crippen LogP contribution in [0.3, 0.4) is 0 Å². The predicted molar refractivity (Wildman–Crippen MR) is 90.0 cm³/mol. The first-order valence-corrected chi connectivity index (χ1v) is 8.34. The number of ether oxygens (including phenoxy) is 1. The Morgan fingerprint density at radius 1 is 1.32 bits per heavy atom. The lowest BCUT2D eigenvalue weighted by Gasteiger charge is -2.41. The molecule has 1 fully saturated rings. The molecular weight excluding hydrogens is 274 g/mol. The summed E-state index contributed by atoms with van der Waals surface area (Å²) >= 11 is 0. The Bertz CT molecular complexity index is 493. The molecule has 1 aromatic carbocycles. The molecule has 3 heteroatoms. The van der Waals surface area contributed by atoms with E-state index in [0.29, 0.717) is 12.5 Å². The number of methoxy groups -OCH3 is 1. The molecule has 0 aromatic heterocycles. The predicted octanol–water partition coefficient (Wildman–Crippen LogP) is 3.82. The summed E-state index contributed by atoms with van der Waals surface area (Å²) in [6, 6.07) is 8.03. The van der Waals surface area contributed by atoms with Gasteiger partial charge in [0.1, 0.15) is 5.75 Å². The van der Waals surface area contributed by atoms with E-state index in [-0.39, 0.29) is 17.2 Å². The van der Waals surface area contributed by atoms with Gasteiger partial charge in [-0.15, -0.1) is 0 Å². The number of carbonyl (C=O) groups excluding carboxylic acids is 1. The maximum atomic E-state index is 12.6. The van der Waals surface area contributed by atoms with Crippen LogP contribution in [0, 0.1) is 17.3 Å². The smallest absolute Gasteiger partial charge is 0.223 e. The van der Waals surface area contributed by atoms with Gasteiger partial charge in [0.25, 0.3) is 0 Å². The third kappa shape index (κ3) is 4.02. The molecule has 2 atom stereocenters. The van der Waals surface area contributed by atoms with Gasteiger partial charge in [-0.05, 0) is 48.3 Å². The van der Waals surface area contributed by atoms with Gasteiger partial charge in [0.05, 0.1) is 7.11 Å². The van der Waals surface area contributed by atoms with Crippen LogP contribution in [0.25, 0.3) is 0 Å². The average molecular weight is 303 g/mol. The van der Waals surface area contributed by atoms with E-state index in [4.69, 9.17) is 4.74 Å². The zero-order valence-corrected chi connectivity index (χ0v) is 14.3. The van der Waals surface area contributed by atoms with Gasteiger partial charge in [-0.2, -0.15) is 0 Å². The monoisotopic (exact) mass is 303 g/mol. The van der Waals surface area contributed by atoms with Crippen LogP contribution in [0.5, 0.6) is 5.75 Å². The largest absolute Gasteiger partial charge is 0.497 e. The van der Waals surface area contributed by atoms with Crippen LogP contribution in [-0.4, -0.2) is 19.6 Å². The maximum Gasteiger partial charge on any atom is 0.223 e. The minimum absolute atomic E-state index is 0.113. The van der Waals surface area contributed by atoms with Crippen molar-refractivity contribution in [3.8, 4) is 5.75 Å². The molecule has 1 aliphatic carbocycles. The number of hydrogen-bond acceptors (Lipinski definition) is 2.